The number of rotatable bonds is 3. The van der Waals surface area contributed by atoms with Crippen LogP contribution in [-0.4, -0.2) is 28.2 Å². The Hall–Kier alpha value is -3.09. The van der Waals surface area contributed by atoms with E-state index in [-0.39, 0.29) is 5.56 Å². The molecule has 24 heavy (non-hydrogen) atoms. The lowest BCUT2D eigenvalue weighted by Crippen LogP contribution is -2.37. The van der Waals surface area contributed by atoms with Crippen molar-refractivity contribution in [3.63, 3.8) is 0 Å². The maximum atomic E-state index is 12.5. The van der Waals surface area contributed by atoms with Crippen LogP contribution in [0.3, 0.4) is 0 Å². The lowest BCUT2D eigenvalue weighted by Gasteiger charge is -2.14. The number of hydrogen-bond acceptors (Lipinski definition) is 5. The summed E-state index contributed by atoms with van der Waals surface area (Å²) in [5.41, 5.74) is 2.15. The van der Waals surface area contributed by atoms with E-state index >= 15 is 0 Å². The fourth-order valence-electron chi connectivity index (χ4n) is 2.59. The second-order valence-electron chi connectivity index (χ2n) is 5.83. The van der Waals surface area contributed by atoms with E-state index in [1.807, 2.05) is 43.3 Å². The molecule has 0 fully saturated rings. The van der Waals surface area contributed by atoms with Crippen LogP contribution in [0, 0.1) is 0 Å². The van der Waals surface area contributed by atoms with Gasteiger partial charge < -0.3 is 10.2 Å². The predicted molar refractivity (Wildman–Crippen MR) is 96.3 cm³/mol. The Morgan fingerprint density at radius 1 is 1.00 bits per heavy atom. The Kier molecular flexibility index (Phi) is 3.84. The zero-order chi connectivity index (χ0) is 17.4. The SMILES string of the molecule is CN(C)c1ccc(Nc2ccnc3c2c(=O)n(C)c(=O)n3C)cc1. The molecule has 0 saturated heterocycles. The van der Waals surface area contributed by atoms with Gasteiger partial charge in [-0.1, -0.05) is 0 Å². The molecule has 0 aliphatic heterocycles. The van der Waals surface area contributed by atoms with Crippen LogP contribution in [0.2, 0.25) is 0 Å². The Bertz CT molecular complexity index is 1020. The first-order valence-electron chi connectivity index (χ1n) is 7.49. The molecule has 124 valence electrons. The molecule has 2 heterocycles. The Morgan fingerprint density at radius 3 is 2.29 bits per heavy atom. The summed E-state index contributed by atoms with van der Waals surface area (Å²) in [4.78, 5) is 30.8. The summed E-state index contributed by atoms with van der Waals surface area (Å²) in [7, 11) is 7.02. The molecule has 0 bridgehead atoms. The molecule has 0 aliphatic carbocycles. The quantitative estimate of drug-likeness (QED) is 0.789. The van der Waals surface area contributed by atoms with Gasteiger partial charge in [0.15, 0.2) is 5.65 Å². The van der Waals surface area contributed by atoms with E-state index < -0.39 is 5.69 Å². The molecule has 0 aliphatic rings. The summed E-state index contributed by atoms with van der Waals surface area (Å²) in [5, 5.41) is 3.63. The number of nitrogens with zero attached hydrogens (tertiary/aromatic N) is 4. The third kappa shape index (κ3) is 2.54. The predicted octanol–water partition coefficient (Wildman–Crippen LogP) is 1.44. The molecule has 0 saturated carbocycles. The van der Waals surface area contributed by atoms with Crippen molar-refractivity contribution in [3.05, 3.63) is 57.4 Å². The monoisotopic (exact) mass is 325 g/mol. The Labute approximate surface area is 138 Å². The lowest BCUT2D eigenvalue weighted by molar-refractivity contribution is 0.708. The van der Waals surface area contributed by atoms with Crippen molar-refractivity contribution in [1.82, 2.24) is 14.1 Å². The summed E-state index contributed by atoms with van der Waals surface area (Å²) in [5.74, 6) is 0. The van der Waals surface area contributed by atoms with E-state index in [4.69, 9.17) is 0 Å². The molecule has 1 N–H and O–H groups in total. The smallest absolute Gasteiger partial charge is 0.332 e. The third-order valence-corrected chi connectivity index (χ3v) is 4.00. The van der Waals surface area contributed by atoms with Gasteiger partial charge in [0.25, 0.3) is 5.56 Å². The van der Waals surface area contributed by atoms with Gasteiger partial charge in [0.2, 0.25) is 0 Å². The molecule has 0 unspecified atom stereocenters. The number of pyridine rings is 1. The summed E-state index contributed by atoms with van der Waals surface area (Å²) in [6.45, 7) is 0. The first-order chi connectivity index (χ1) is 11.4. The average Bonchev–Trinajstić information content (AvgIpc) is 2.58. The fourth-order valence-corrected chi connectivity index (χ4v) is 2.59. The first kappa shape index (κ1) is 15.8. The number of aromatic nitrogens is 3. The van der Waals surface area contributed by atoms with E-state index in [0.29, 0.717) is 16.7 Å². The second-order valence-corrected chi connectivity index (χ2v) is 5.83. The normalized spacial score (nSPS) is 10.8. The van der Waals surface area contributed by atoms with Gasteiger partial charge in [-0.05, 0) is 30.3 Å². The number of anilines is 3. The minimum atomic E-state index is -0.396. The lowest BCUT2D eigenvalue weighted by atomic mass is 10.2. The van der Waals surface area contributed by atoms with Crippen molar-refractivity contribution in [3.8, 4) is 0 Å². The summed E-state index contributed by atoms with van der Waals surface area (Å²) < 4.78 is 2.46. The van der Waals surface area contributed by atoms with Gasteiger partial charge in [-0.3, -0.25) is 13.9 Å². The highest BCUT2D eigenvalue weighted by atomic mass is 16.2. The highest BCUT2D eigenvalue weighted by molar-refractivity contribution is 5.90. The number of hydrogen-bond donors (Lipinski definition) is 1. The largest absolute Gasteiger partial charge is 0.378 e. The molecule has 1 aromatic carbocycles. The van der Waals surface area contributed by atoms with Crippen LogP contribution in [0.1, 0.15) is 0 Å². The fraction of sp³-hybridized carbons (Fsp3) is 0.235. The minimum Gasteiger partial charge on any atom is -0.378 e. The maximum absolute atomic E-state index is 12.5. The van der Waals surface area contributed by atoms with Crippen molar-refractivity contribution >= 4 is 28.1 Å². The van der Waals surface area contributed by atoms with Crippen LogP contribution in [0.15, 0.2) is 46.1 Å². The van der Waals surface area contributed by atoms with E-state index in [0.717, 1.165) is 15.9 Å². The van der Waals surface area contributed by atoms with Crippen molar-refractivity contribution in [2.45, 2.75) is 0 Å². The van der Waals surface area contributed by atoms with Gasteiger partial charge in [-0.25, -0.2) is 9.78 Å². The molecular weight excluding hydrogens is 306 g/mol. The van der Waals surface area contributed by atoms with Crippen molar-refractivity contribution in [2.24, 2.45) is 14.1 Å². The van der Waals surface area contributed by atoms with Gasteiger partial charge in [0, 0.05) is 45.8 Å². The first-order valence-corrected chi connectivity index (χ1v) is 7.49. The number of nitrogens with one attached hydrogen (secondary N) is 1. The molecular formula is C17H19N5O2. The van der Waals surface area contributed by atoms with E-state index in [1.54, 1.807) is 19.3 Å². The topological polar surface area (TPSA) is 72.2 Å². The summed E-state index contributed by atoms with van der Waals surface area (Å²) in [6, 6.07) is 9.58. The van der Waals surface area contributed by atoms with Crippen LogP contribution in [-0.2, 0) is 14.1 Å². The van der Waals surface area contributed by atoms with E-state index in [2.05, 4.69) is 10.3 Å². The molecule has 0 radical (unpaired) electrons. The highest BCUT2D eigenvalue weighted by Gasteiger charge is 2.13. The third-order valence-electron chi connectivity index (χ3n) is 4.00. The Morgan fingerprint density at radius 2 is 1.67 bits per heavy atom. The van der Waals surface area contributed by atoms with Crippen LogP contribution >= 0.6 is 0 Å². The van der Waals surface area contributed by atoms with E-state index in [1.165, 1.54) is 11.6 Å². The molecule has 0 atom stereocenters. The molecule has 0 amide bonds. The zero-order valence-electron chi connectivity index (χ0n) is 14.1. The summed E-state index contributed by atoms with van der Waals surface area (Å²) in [6.07, 6.45) is 1.58. The highest BCUT2D eigenvalue weighted by Crippen LogP contribution is 2.23. The number of benzene rings is 1. The summed E-state index contributed by atoms with van der Waals surface area (Å²) >= 11 is 0. The van der Waals surface area contributed by atoms with Gasteiger partial charge >= 0.3 is 5.69 Å². The van der Waals surface area contributed by atoms with Crippen molar-refractivity contribution in [1.29, 1.82) is 0 Å². The van der Waals surface area contributed by atoms with Crippen LogP contribution in [0.4, 0.5) is 17.1 Å². The van der Waals surface area contributed by atoms with Crippen LogP contribution in [0.25, 0.3) is 11.0 Å². The molecule has 0 spiro atoms. The Balaban J connectivity index is 2.14. The molecule has 2 aromatic heterocycles. The number of fused-ring (bicyclic) bond motifs is 1. The molecule has 7 nitrogen and oxygen atoms in total. The zero-order valence-corrected chi connectivity index (χ0v) is 14.1. The average molecular weight is 325 g/mol. The van der Waals surface area contributed by atoms with E-state index in [9.17, 15) is 9.59 Å². The minimum absolute atomic E-state index is 0.359. The molecule has 3 aromatic rings. The number of aryl methyl sites for hydroxylation is 1. The maximum Gasteiger partial charge on any atom is 0.332 e. The van der Waals surface area contributed by atoms with Gasteiger partial charge in [0.05, 0.1) is 5.69 Å². The second kappa shape index (κ2) is 5.84. The van der Waals surface area contributed by atoms with Crippen molar-refractivity contribution in [2.75, 3.05) is 24.3 Å². The standard InChI is InChI=1S/C17H19N5O2/c1-20(2)12-7-5-11(6-8-12)19-13-9-10-18-15-14(13)16(23)22(4)17(24)21(15)3/h5-10H,1-4H3,(H,18,19). The molecule has 3 rings (SSSR count). The van der Waals surface area contributed by atoms with Crippen LogP contribution in [0.5, 0.6) is 0 Å². The van der Waals surface area contributed by atoms with Gasteiger partial charge in [-0.15, -0.1) is 0 Å². The van der Waals surface area contributed by atoms with Crippen molar-refractivity contribution < 1.29 is 0 Å². The van der Waals surface area contributed by atoms with Gasteiger partial charge in [0.1, 0.15) is 5.39 Å². The van der Waals surface area contributed by atoms with Gasteiger partial charge in [-0.2, -0.15) is 0 Å². The van der Waals surface area contributed by atoms with Crippen LogP contribution < -0.4 is 21.5 Å². The molecule has 7 heteroatoms.